The van der Waals surface area contributed by atoms with E-state index >= 15 is 0 Å². The summed E-state index contributed by atoms with van der Waals surface area (Å²) in [7, 11) is 0. The first-order valence-electron chi connectivity index (χ1n) is 6.99. The SMILES string of the molecule is C[C@H](Sc1nc(-c2cccs2)c(-c2cccs2)[nH]1)C(=O)NC(N)=O. The van der Waals surface area contributed by atoms with E-state index in [0.717, 1.165) is 21.1 Å². The average molecular weight is 379 g/mol. The average Bonchev–Trinajstić information content (AvgIpc) is 3.27. The number of hydrogen-bond donors (Lipinski definition) is 3. The van der Waals surface area contributed by atoms with Crippen molar-refractivity contribution in [3.8, 4) is 21.1 Å². The maximum absolute atomic E-state index is 11.8. The number of primary amides is 1. The van der Waals surface area contributed by atoms with E-state index in [1.807, 2.05) is 35.0 Å². The fourth-order valence-electron chi connectivity index (χ4n) is 2.04. The molecule has 1 atom stereocenters. The molecule has 3 rings (SSSR count). The number of aromatic nitrogens is 2. The van der Waals surface area contributed by atoms with E-state index < -0.39 is 17.2 Å². The number of urea groups is 1. The Kier molecular flexibility index (Phi) is 5.03. The quantitative estimate of drug-likeness (QED) is 0.591. The Morgan fingerprint density at radius 1 is 1.25 bits per heavy atom. The minimum Gasteiger partial charge on any atom is -0.351 e. The summed E-state index contributed by atoms with van der Waals surface area (Å²) >= 11 is 4.47. The number of nitrogens with zero attached hydrogens (tertiary/aromatic N) is 1. The van der Waals surface area contributed by atoms with Crippen molar-refractivity contribution < 1.29 is 9.59 Å². The molecular weight excluding hydrogens is 364 g/mol. The Labute approximate surface area is 150 Å². The maximum Gasteiger partial charge on any atom is 0.318 e. The first kappa shape index (κ1) is 16.7. The molecule has 0 bridgehead atoms. The Morgan fingerprint density at radius 3 is 2.50 bits per heavy atom. The Morgan fingerprint density at radius 2 is 1.92 bits per heavy atom. The molecule has 124 valence electrons. The smallest absolute Gasteiger partial charge is 0.318 e. The molecule has 3 amide bonds. The molecule has 0 aliphatic carbocycles. The number of nitrogens with two attached hydrogens (primary N) is 1. The third-order valence-electron chi connectivity index (χ3n) is 3.11. The number of H-pyrrole nitrogens is 1. The van der Waals surface area contributed by atoms with E-state index in [4.69, 9.17) is 5.73 Å². The lowest BCUT2D eigenvalue weighted by Crippen LogP contribution is -2.39. The number of amides is 3. The van der Waals surface area contributed by atoms with Crippen LogP contribution in [0.4, 0.5) is 4.79 Å². The van der Waals surface area contributed by atoms with E-state index in [2.05, 4.69) is 15.3 Å². The van der Waals surface area contributed by atoms with E-state index in [1.54, 1.807) is 29.6 Å². The molecule has 0 saturated carbocycles. The number of carbonyl (C=O) groups is 2. The van der Waals surface area contributed by atoms with Crippen LogP contribution in [0.15, 0.2) is 40.2 Å². The van der Waals surface area contributed by atoms with Crippen LogP contribution in [-0.2, 0) is 4.79 Å². The van der Waals surface area contributed by atoms with Gasteiger partial charge in [-0.2, -0.15) is 0 Å². The third kappa shape index (κ3) is 3.69. The zero-order valence-corrected chi connectivity index (χ0v) is 15.1. The van der Waals surface area contributed by atoms with E-state index in [-0.39, 0.29) is 0 Å². The standard InChI is InChI=1S/C15H14N4O2S3/c1-8(13(20)19-14(16)21)24-15-17-11(9-4-2-6-22-9)12(18-15)10-5-3-7-23-10/h2-8H,1H3,(H,17,18)(H3,16,19,20,21)/t8-/m0/s1. The number of thioether (sulfide) groups is 1. The van der Waals surface area contributed by atoms with Crippen molar-refractivity contribution >= 4 is 46.4 Å². The summed E-state index contributed by atoms with van der Waals surface area (Å²) in [5, 5.41) is 6.20. The van der Waals surface area contributed by atoms with Crippen LogP contribution in [0.1, 0.15) is 6.92 Å². The molecular formula is C15H14N4O2S3. The maximum atomic E-state index is 11.8. The lowest BCUT2D eigenvalue weighted by atomic mass is 10.2. The number of imide groups is 1. The van der Waals surface area contributed by atoms with Gasteiger partial charge >= 0.3 is 6.03 Å². The summed E-state index contributed by atoms with van der Waals surface area (Å²) in [5.74, 6) is -0.445. The van der Waals surface area contributed by atoms with Crippen molar-refractivity contribution in [3.05, 3.63) is 35.0 Å². The molecule has 0 spiro atoms. The topological polar surface area (TPSA) is 101 Å². The van der Waals surface area contributed by atoms with Crippen LogP contribution >= 0.6 is 34.4 Å². The number of aromatic amines is 1. The van der Waals surface area contributed by atoms with Gasteiger partial charge in [0.15, 0.2) is 5.16 Å². The second-order valence-electron chi connectivity index (χ2n) is 4.83. The fraction of sp³-hybridized carbons (Fsp3) is 0.133. The van der Waals surface area contributed by atoms with E-state index in [9.17, 15) is 9.59 Å². The number of carbonyl (C=O) groups excluding carboxylic acids is 2. The van der Waals surface area contributed by atoms with Crippen molar-refractivity contribution in [2.24, 2.45) is 5.73 Å². The molecule has 0 aliphatic rings. The second-order valence-corrected chi connectivity index (χ2v) is 8.06. The monoisotopic (exact) mass is 378 g/mol. The first-order chi connectivity index (χ1) is 11.5. The molecule has 6 nitrogen and oxygen atoms in total. The number of hydrogen-bond acceptors (Lipinski definition) is 6. The van der Waals surface area contributed by atoms with Crippen LogP contribution in [-0.4, -0.2) is 27.2 Å². The van der Waals surface area contributed by atoms with Gasteiger partial charge in [0.2, 0.25) is 5.91 Å². The van der Waals surface area contributed by atoms with E-state index in [1.165, 1.54) is 11.8 Å². The van der Waals surface area contributed by atoms with Crippen LogP contribution < -0.4 is 11.1 Å². The van der Waals surface area contributed by atoms with Crippen molar-refractivity contribution in [1.82, 2.24) is 15.3 Å². The van der Waals surface area contributed by atoms with Crippen LogP contribution in [0.5, 0.6) is 0 Å². The van der Waals surface area contributed by atoms with E-state index in [0.29, 0.717) is 5.16 Å². The normalized spacial score (nSPS) is 12.0. The van der Waals surface area contributed by atoms with Crippen molar-refractivity contribution in [2.75, 3.05) is 0 Å². The molecule has 3 aromatic rings. The summed E-state index contributed by atoms with van der Waals surface area (Å²) in [6, 6.07) is 7.13. The lowest BCUT2D eigenvalue weighted by molar-refractivity contribution is -0.119. The summed E-state index contributed by atoms with van der Waals surface area (Å²) in [5.41, 5.74) is 6.77. The van der Waals surface area contributed by atoms with Crippen LogP contribution in [0.2, 0.25) is 0 Å². The summed E-state index contributed by atoms with van der Waals surface area (Å²) < 4.78 is 0. The fourth-order valence-corrected chi connectivity index (χ4v) is 4.29. The molecule has 9 heteroatoms. The van der Waals surface area contributed by atoms with Gasteiger partial charge in [0.05, 0.1) is 20.7 Å². The van der Waals surface area contributed by atoms with Gasteiger partial charge in [-0.1, -0.05) is 23.9 Å². The molecule has 0 aromatic carbocycles. The third-order valence-corrected chi connectivity index (χ3v) is 5.86. The van der Waals surface area contributed by atoms with Gasteiger partial charge in [-0.05, 0) is 29.8 Å². The zero-order chi connectivity index (χ0) is 17.1. The molecule has 4 N–H and O–H groups in total. The molecule has 0 radical (unpaired) electrons. The highest BCUT2D eigenvalue weighted by molar-refractivity contribution is 8.00. The van der Waals surface area contributed by atoms with Crippen LogP contribution in [0, 0.1) is 0 Å². The minimum absolute atomic E-state index is 0.445. The van der Waals surface area contributed by atoms with Gasteiger partial charge in [0.1, 0.15) is 5.69 Å². The summed E-state index contributed by atoms with van der Waals surface area (Å²) in [6.45, 7) is 1.70. The first-order valence-corrected chi connectivity index (χ1v) is 9.63. The molecule has 24 heavy (non-hydrogen) atoms. The number of thiophene rings is 2. The predicted molar refractivity (Wildman–Crippen MR) is 98.3 cm³/mol. The summed E-state index contributed by atoms with van der Waals surface area (Å²) in [4.78, 5) is 32.7. The van der Waals surface area contributed by atoms with Gasteiger partial charge in [0.25, 0.3) is 0 Å². The molecule has 3 aromatic heterocycles. The largest absolute Gasteiger partial charge is 0.351 e. The lowest BCUT2D eigenvalue weighted by Gasteiger charge is -2.07. The zero-order valence-electron chi connectivity index (χ0n) is 12.6. The van der Waals surface area contributed by atoms with Gasteiger partial charge < -0.3 is 10.7 Å². The predicted octanol–water partition coefficient (Wildman–Crippen LogP) is 3.54. The number of imidazole rings is 1. The van der Waals surface area contributed by atoms with Gasteiger partial charge in [-0.25, -0.2) is 9.78 Å². The molecule has 0 unspecified atom stereocenters. The second kappa shape index (κ2) is 7.20. The van der Waals surface area contributed by atoms with Crippen LogP contribution in [0.25, 0.3) is 21.1 Å². The minimum atomic E-state index is -0.856. The Balaban J connectivity index is 1.89. The van der Waals surface area contributed by atoms with Crippen molar-refractivity contribution in [2.45, 2.75) is 17.3 Å². The Hall–Kier alpha value is -2.10. The van der Waals surface area contributed by atoms with Crippen LogP contribution in [0.3, 0.4) is 0 Å². The number of nitrogens with one attached hydrogen (secondary N) is 2. The van der Waals surface area contributed by atoms with Gasteiger partial charge in [-0.3, -0.25) is 10.1 Å². The molecule has 3 heterocycles. The molecule has 0 fully saturated rings. The highest BCUT2D eigenvalue weighted by Gasteiger charge is 2.21. The Bertz CT molecular complexity index is 789. The number of rotatable bonds is 5. The van der Waals surface area contributed by atoms with Crippen molar-refractivity contribution in [3.63, 3.8) is 0 Å². The van der Waals surface area contributed by atoms with Gasteiger partial charge in [0, 0.05) is 0 Å². The van der Waals surface area contributed by atoms with Gasteiger partial charge in [-0.15, -0.1) is 22.7 Å². The highest BCUT2D eigenvalue weighted by atomic mass is 32.2. The van der Waals surface area contributed by atoms with Crippen molar-refractivity contribution in [1.29, 1.82) is 0 Å². The molecule has 0 aliphatic heterocycles. The summed E-state index contributed by atoms with van der Waals surface area (Å²) in [6.07, 6.45) is 0. The highest BCUT2D eigenvalue weighted by Crippen LogP contribution is 2.37. The molecule has 0 saturated heterocycles.